The maximum atomic E-state index is 12.7. The van der Waals surface area contributed by atoms with Crippen molar-refractivity contribution in [3.63, 3.8) is 0 Å². The van der Waals surface area contributed by atoms with Crippen LogP contribution in [0.15, 0.2) is 0 Å². The van der Waals surface area contributed by atoms with Gasteiger partial charge in [-0.15, -0.1) is 0 Å². The van der Waals surface area contributed by atoms with Crippen molar-refractivity contribution in [2.45, 2.75) is 31.7 Å². The molecule has 2 fully saturated rings. The van der Waals surface area contributed by atoms with E-state index in [1.165, 1.54) is 0 Å². The molecule has 24 heavy (non-hydrogen) atoms. The van der Waals surface area contributed by atoms with Crippen molar-refractivity contribution >= 4 is 25.6 Å². The molecule has 1 atom stereocenters. The summed E-state index contributed by atoms with van der Waals surface area (Å²) in [7, 11) is -2.15. The van der Waals surface area contributed by atoms with Gasteiger partial charge in [0, 0.05) is 25.6 Å². The van der Waals surface area contributed by atoms with Crippen LogP contribution in [-0.2, 0) is 24.5 Å². The number of nitrogens with zero attached hydrogens (tertiary/aromatic N) is 2. The van der Waals surface area contributed by atoms with Crippen molar-refractivity contribution in [2.24, 2.45) is 5.92 Å². The van der Waals surface area contributed by atoms with Gasteiger partial charge < -0.3 is 9.80 Å². The van der Waals surface area contributed by atoms with Crippen LogP contribution in [0.2, 0.25) is 0 Å². The maximum absolute atomic E-state index is 12.7. The number of rotatable bonds is 6. The van der Waals surface area contributed by atoms with Gasteiger partial charge in [-0.1, -0.05) is 0 Å². The molecule has 0 bridgehead atoms. The van der Waals surface area contributed by atoms with Crippen LogP contribution in [0.3, 0.4) is 0 Å². The second kappa shape index (κ2) is 7.70. The van der Waals surface area contributed by atoms with Crippen LogP contribution in [0.4, 0.5) is 0 Å². The van der Waals surface area contributed by atoms with Crippen molar-refractivity contribution in [1.29, 1.82) is 0 Å². The predicted molar refractivity (Wildman–Crippen MR) is 93.3 cm³/mol. The summed E-state index contributed by atoms with van der Waals surface area (Å²) < 4.78 is 46.5. The number of hydrogen-bond donors (Lipinski definition) is 0. The molecule has 0 radical (unpaired) electrons. The first-order valence-corrected chi connectivity index (χ1v) is 12.1. The Morgan fingerprint density at radius 2 is 1.50 bits per heavy atom. The number of carbonyl (C=O) groups excluding carboxylic acids is 1. The average molecular weight is 381 g/mol. The Morgan fingerprint density at radius 3 is 2.00 bits per heavy atom. The van der Waals surface area contributed by atoms with Gasteiger partial charge in [-0.25, -0.2) is 16.8 Å². The van der Waals surface area contributed by atoms with E-state index in [1.807, 2.05) is 19.0 Å². The molecule has 0 aromatic rings. The summed E-state index contributed by atoms with van der Waals surface area (Å²) in [5.74, 6) is 0.543. The molecule has 0 aliphatic carbocycles. The van der Waals surface area contributed by atoms with E-state index < -0.39 is 19.7 Å². The molecule has 2 rings (SSSR count). The number of amides is 1. The summed E-state index contributed by atoms with van der Waals surface area (Å²) in [6, 6.07) is -0.241. The van der Waals surface area contributed by atoms with Gasteiger partial charge >= 0.3 is 0 Å². The number of hydrogen-bond acceptors (Lipinski definition) is 6. The zero-order chi connectivity index (χ0) is 18.0. The number of sulfone groups is 2. The standard InChI is InChI=1S/C15H28N2O5S2/c1-16(2)6-7-17(14-5-10-24(21,22)12-14)15(18)11-13-3-8-23(19,20)9-4-13/h13-14H,3-12H2,1-2H3. The van der Waals surface area contributed by atoms with Gasteiger partial charge in [0.15, 0.2) is 9.84 Å². The summed E-state index contributed by atoms with van der Waals surface area (Å²) in [5, 5.41) is 0. The minimum absolute atomic E-state index is 0.0387. The minimum Gasteiger partial charge on any atom is -0.337 e. The van der Waals surface area contributed by atoms with E-state index in [4.69, 9.17) is 0 Å². The Kier molecular flexibility index (Phi) is 6.30. The van der Waals surface area contributed by atoms with Crippen molar-refractivity contribution in [3.05, 3.63) is 0 Å². The molecular formula is C15H28N2O5S2. The van der Waals surface area contributed by atoms with Crippen LogP contribution < -0.4 is 0 Å². The van der Waals surface area contributed by atoms with Gasteiger partial charge in [0.25, 0.3) is 0 Å². The predicted octanol–water partition coefficient (Wildman–Crippen LogP) is -0.221. The Hall–Kier alpha value is -0.670. The Bertz CT molecular complexity index is 643. The molecular weight excluding hydrogens is 352 g/mol. The third kappa shape index (κ3) is 5.70. The highest BCUT2D eigenvalue weighted by molar-refractivity contribution is 7.91. The van der Waals surface area contributed by atoms with Crippen LogP contribution >= 0.6 is 0 Å². The van der Waals surface area contributed by atoms with E-state index in [9.17, 15) is 21.6 Å². The smallest absolute Gasteiger partial charge is 0.223 e. The van der Waals surface area contributed by atoms with Gasteiger partial charge in [-0.05, 0) is 39.3 Å². The van der Waals surface area contributed by atoms with Crippen LogP contribution in [0.25, 0.3) is 0 Å². The minimum atomic E-state index is -3.05. The van der Waals surface area contributed by atoms with Gasteiger partial charge in [0.1, 0.15) is 9.84 Å². The normalized spacial score (nSPS) is 26.5. The van der Waals surface area contributed by atoms with E-state index >= 15 is 0 Å². The van der Waals surface area contributed by atoms with Gasteiger partial charge in [-0.3, -0.25) is 4.79 Å². The molecule has 7 nitrogen and oxygen atoms in total. The molecule has 0 spiro atoms. The second-order valence-electron chi connectivity index (χ2n) is 7.25. The zero-order valence-electron chi connectivity index (χ0n) is 14.5. The first-order chi connectivity index (χ1) is 11.1. The fourth-order valence-electron chi connectivity index (χ4n) is 3.35. The fraction of sp³-hybridized carbons (Fsp3) is 0.933. The second-order valence-corrected chi connectivity index (χ2v) is 11.8. The van der Waals surface area contributed by atoms with E-state index in [0.29, 0.717) is 38.8 Å². The molecule has 2 aliphatic rings. The van der Waals surface area contributed by atoms with Crippen LogP contribution in [0, 0.1) is 5.92 Å². The van der Waals surface area contributed by atoms with E-state index in [0.717, 1.165) is 0 Å². The van der Waals surface area contributed by atoms with Crippen LogP contribution in [-0.4, -0.2) is 88.8 Å². The molecule has 2 saturated heterocycles. The first-order valence-electron chi connectivity index (χ1n) is 8.43. The topological polar surface area (TPSA) is 91.8 Å². The molecule has 1 amide bonds. The van der Waals surface area contributed by atoms with E-state index in [1.54, 1.807) is 4.90 Å². The molecule has 1 unspecified atom stereocenters. The summed E-state index contributed by atoms with van der Waals surface area (Å²) in [5.41, 5.74) is 0. The summed E-state index contributed by atoms with van der Waals surface area (Å²) in [4.78, 5) is 16.4. The third-order valence-corrected chi connectivity index (χ3v) is 8.36. The summed E-state index contributed by atoms with van der Waals surface area (Å²) >= 11 is 0. The summed E-state index contributed by atoms with van der Waals surface area (Å²) in [6.07, 6.45) is 1.87. The zero-order valence-corrected chi connectivity index (χ0v) is 16.1. The lowest BCUT2D eigenvalue weighted by Gasteiger charge is -2.31. The molecule has 140 valence electrons. The largest absolute Gasteiger partial charge is 0.337 e. The van der Waals surface area contributed by atoms with Gasteiger partial charge in [0.05, 0.1) is 23.0 Å². The SMILES string of the molecule is CN(C)CCN(C(=O)CC1CCS(=O)(=O)CC1)C1CCS(=O)(=O)C1. The molecule has 2 heterocycles. The van der Waals surface area contributed by atoms with Crippen molar-refractivity contribution in [3.8, 4) is 0 Å². The maximum Gasteiger partial charge on any atom is 0.223 e. The highest BCUT2D eigenvalue weighted by Gasteiger charge is 2.35. The third-order valence-electron chi connectivity index (χ3n) is 4.90. The molecule has 0 saturated carbocycles. The monoisotopic (exact) mass is 380 g/mol. The van der Waals surface area contributed by atoms with Crippen molar-refractivity contribution in [1.82, 2.24) is 9.80 Å². The number of carbonyl (C=O) groups is 1. The highest BCUT2D eigenvalue weighted by Crippen LogP contribution is 2.25. The van der Waals surface area contributed by atoms with Gasteiger partial charge in [0.2, 0.25) is 5.91 Å². The highest BCUT2D eigenvalue weighted by atomic mass is 32.2. The van der Waals surface area contributed by atoms with E-state index in [2.05, 4.69) is 0 Å². The Morgan fingerprint density at radius 1 is 0.917 bits per heavy atom. The lowest BCUT2D eigenvalue weighted by atomic mass is 9.97. The van der Waals surface area contributed by atoms with Gasteiger partial charge in [-0.2, -0.15) is 0 Å². The molecule has 2 aliphatic heterocycles. The van der Waals surface area contributed by atoms with E-state index in [-0.39, 0.29) is 40.9 Å². The molecule has 9 heteroatoms. The Labute approximate surface area is 145 Å². The first kappa shape index (κ1) is 19.7. The van der Waals surface area contributed by atoms with Crippen LogP contribution in [0.5, 0.6) is 0 Å². The molecule has 0 N–H and O–H groups in total. The lowest BCUT2D eigenvalue weighted by molar-refractivity contribution is -0.134. The average Bonchev–Trinajstić information content (AvgIpc) is 2.81. The lowest BCUT2D eigenvalue weighted by Crippen LogP contribution is -2.45. The van der Waals surface area contributed by atoms with Crippen LogP contribution in [0.1, 0.15) is 25.7 Å². The quantitative estimate of drug-likeness (QED) is 0.633. The number of likely N-dealkylation sites (N-methyl/N-ethyl adjacent to an activating group) is 1. The Balaban J connectivity index is 1.99. The summed E-state index contributed by atoms with van der Waals surface area (Å²) in [6.45, 7) is 1.19. The molecule has 0 aromatic heterocycles. The van der Waals surface area contributed by atoms with Crippen molar-refractivity contribution in [2.75, 3.05) is 50.2 Å². The van der Waals surface area contributed by atoms with Crippen molar-refractivity contribution < 1.29 is 21.6 Å². The molecule has 0 aromatic carbocycles. The fourth-order valence-corrected chi connectivity index (χ4v) is 6.67.